The van der Waals surface area contributed by atoms with Gasteiger partial charge < -0.3 is 10.2 Å². The molecular weight excluding hydrogens is 244 g/mol. The zero-order chi connectivity index (χ0) is 13.2. The molecule has 0 bridgehead atoms. The van der Waals surface area contributed by atoms with Gasteiger partial charge in [-0.25, -0.2) is 0 Å². The third-order valence-electron chi connectivity index (χ3n) is 4.20. The first kappa shape index (κ1) is 13.9. The largest absolute Gasteiger partial charge is 0.396 e. The van der Waals surface area contributed by atoms with E-state index in [2.05, 4.69) is 38.1 Å². The molecule has 0 amide bonds. The van der Waals surface area contributed by atoms with Crippen molar-refractivity contribution in [1.82, 2.24) is 0 Å². The van der Waals surface area contributed by atoms with Crippen LogP contribution in [0, 0.1) is 11.3 Å². The van der Waals surface area contributed by atoms with Gasteiger partial charge in [-0.1, -0.05) is 32.0 Å². The van der Waals surface area contributed by atoms with Crippen LogP contribution in [0.2, 0.25) is 0 Å². The second-order valence-corrected chi connectivity index (χ2v) is 6.93. The quantitative estimate of drug-likeness (QED) is 0.861. The highest BCUT2D eigenvalue weighted by Crippen LogP contribution is 2.44. The van der Waals surface area contributed by atoms with Crippen molar-refractivity contribution in [2.45, 2.75) is 36.8 Å². The minimum Gasteiger partial charge on any atom is -0.396 e. The van der Waals surface area contributed by atoms with Gasteiger partial charge in [0.1, 0.15) is 0 Å². The van der Waals surface area contributed by atoms with Crippen LogP contribution < -0.4 is 0 Å². The second kappa shape index (κ2) is 5.64. The van der Waals surface area contributed by atoms with Crippen molar-refractivity contribution in [1.29, 1.82) is 0 Å². The van der Waals surface area contributed by atoms with Crippen molar-refractivity contribution in [3.63, 3.8) is 0 Å². The Morgan fingerprint density at radius 2 is 1.94 bits per heavy atom. The Hall–Kier alpha value is -0.510. The van der Waals surface area contributed by atoms with Gasteiger partial charge in [0.15, 0.2) is 0 Å². The van der Waals surface area contributed by atoms with Gasteiger partial charge in [-0.05, 0) is 30.4 Å². The van der Waals surface area contributed by atoms with E-state index in [0.29, 0.717) is 5.25 Å². The van der Waals surface area contributed by atoms with Crippen molar-refractivity contribution in [3.05, 3.63) is 29.8 Å². The maximum Gasteiger partial charge on any atom is 0.0512 e. The van der Waals surface area contributed by atoms with E-state index in [9.17, 15) is 10.2 Å². The van der Waals surface area contributed by atoms with Gasteiger partial charge in [-0.2, -0.15) is 0 Å². The van der Waals surface area contributed by atoms with E-state index in [-0.39, 0.29) is 24.5 Å². The van der Waals surface area contributed by atoms with Crippen LogP contribution in [0.3, 0.4) is 0 Å². The lowest BCUT2D eigenvalue weighted by Gasteiger charge is -2.36. The minimum atomic E-state index is -0.348. The average Bonchev–Trinajstić information content (AvgIpc) is 2.77. The van der Waals surface area contributed by atoms with Crippen molar-refractivity contribution in [2.24, 2.45) is 11.3 Å². The SMILES string of the molecule is CC(C)C(CO)(CO)CC1Cc2ccccc2S1. The molecule has 1 unspecified atom stereocenters. The molecule has 3 heteroatoms. The topological polar surface area (TPSA) is 40.5 Å². The van der Waals surface area contributed by atoms with Crippen LogP contribution in [0.4, 0.5) is 0 Å². The van der Waals surface area contributed by atoms with E-state index in [1.54, 1.807) is 0 Å². The van der Waals surface area contributed by atoms with E-state index in [0.717, 1.165) is 12.8 Å². The molecule has 1 aromatic carbocycles. The average molecular weight is 266 g/mol. The zero-order valence-electron chi connectivity index (χ0n) is 11.1. The van der Waals surface area contributed by atoms with Gasteiger partial charge in [0.25, 0.3) is 0 Å². The highest BCUT2D eigenvalue weighted by atomic mass is 32.2. The highest BCUT2D eigenvalue weighted by Gasteiger charge is 2.37. The second-order valence-electron chi connectivity index (χ2n) is 5.59. The Kier molecular flexibility index (Phi) is 4.36. The molecule has 0 fully saturated rings. The molecule has 0 saturated carbocycles. The Morgan fingerprint density at radius 1 is 1.28 bits per heavy atom. The van der Waals surface area contributed by atoms with Gasteiger partial charge in [-0.3, -0.25) is 0 Å². The van der Waals surface area contributed by atoms with Crippen LogP contribution in [0.1, 0.15) is 25.8 Å². The predicted octanol–water partition coefficient (Wildman–Crippen LogP) is 2.72. The molecule has 0 saturated heterocycles. The van der Waals surface area contributed by atoms with Gasteiger partial charge in [-0.15, -0.1) is 11.8 Å². The summed E-state index contributed by atoms with van der Waals surface area (Å²) in [6, 6.07) is 8.49. The van der Waals surface area contributed by atoms with Crippen molar-refractivity contribution >= 4 is 11.8 Å². The molecule has 1 aliphatic rings. The first-order valence-electron chi connectivity index (χ1n) is 6.57. The first-order chi connectivity index (χ1) is 8.61. The Morgan fingerprint density at radius 3 is 2.50 bits per heavy atom. The van der Waals surface area contributed by atoms with Crippen LogP contribution in [-0.2, 0) is 6.42 Å². The van der Waals surface area contributed by atoms with Gasteiger partial charge >= 0.3 is 0 Å². The smallest absolute Gasteiger partial charge is 0.0512 e. The number of aliphatic hydroxyl groups is 2. The Balaban J connectivity index is 2.08. The van der Waals surface area contributed by atoms with Crippen LogP contribution in [0.5, 0.6) is 0 Å². The monoisotopic (exact) mass is 266 g/mol. The van der Waals surface area contributed by atoms with Crippen molar-refractivity contribution in [2.75, 3.05) is 13.2 Å². The van der Waals surface area contributed by atoms with E-state index in [1.165, 1.54) is 10.5 Å². The molecular formula is C15H22O2S. The molecule has 1 aromatic rings. The van der Waals surface area contributed by atoms with Gasteiger partial charge in [0.2, 0.25) is 0 Å². The summed E-state index contributed by atoms with van der Waals surface area (Å²) in [5.41, 5.74) is 1.06. The van der Waals surface area contributed by atoms with Gasteiger partial charge in [0.05, 0.1) is 13.2 Å². The molecule has 1 heterocycles. The lowest BCUT2D eigenvalue weighted by atomic mass is 9.74. The number of benzene rings is 1. The Bertz CT molecular complexity index is 374. The fraction of sp³-hybridized carbons (Fsp3) is 0.600. The fourth-order valence-corrected chi connectivity index (χ4v) is 4.10. The number of thioether (sulfide) groups is 1. The summed E-state index contributed by atoms with van der Waals surface area (Å²) in [5.74, 6) is 0.289. The van der Waals surface area contributed by atoms with E-state index < -0.39 is 0 Å². The van der Waals surface area contributed by atoms with E-state index in [4.69, 9.17) is 0 Å². The van der Waals surface area contributed by atoms with Crippen LogP contribution in [-0.4, -0.2) is 28.7 Å². The van der Waals surface area contributed by atoms with E-state index in [1.807, 2.05) is 11.8 Å². The van der Waals surface area contributed by atoms with Gasteiger partial charge in [0, 0.05) is 15.6 Å². The lowest BCUT2D eigenvalue weighted by molar-refractivity contribution is 0.00887. The lowest BCUT2D eigenvalue weighted by Crippen LogP contribution is -2.38. The number of rotatable bonds is 5. The standard InChI is InChI=1S/C15H22O2S/c1-11(2)15(9-16,10-17)8-13-7-12-5-3-4-6-14(12)18-13/h3-6,11,13,16-17H,7-10H2,1-2H3. The third kappa shape index (κ3) is 2.58. The number of aliphatic hydroxyl groups excluding tert-OH is 2. The molecule has 1 aliphatic heterocycles. The predicted molar refractivity (Wildman–Crippen MR) is 75.9 cm³/mol. The summed E-state index contributed by atoms with van der Waals surface area (Å²) in [5, 5.41) is 19.8. The number of hydrogen-bond acceptors (Lipinski definition) is 3. The first-order valence-corrected chi connectivity index (χ1v) is 7.45. The maximum absolute atomic E-state index is 9.65. The summed E-state index contributed by atoms with van der Waals surface area (Å²) in [7, 11) is 0. The molecule has 1 atom stereocenters. The Labute approximate surface area is 113 Å². The molecule has 0 radical (unpaired) electrons. The molecule has 18 heavy (non-hydrogen) atoms. The summed E-state index contributed by atoms with van der Waals surface area (Å²) in [4.78, 5) is 1.36. The summed E-state index contributed by atoms with van der Waals surface area (Å²) >= 11 is 1.89. The highest BCUT2D eigenvalue weighted by molar-refractivity contribution is 8.00. The normalized spacial score (nSPS) is 19.3. The molecule has 2 nitrogen and oxygen atoms in total. The number of fused-ring (bicyclic) bond motifs is 1. The molecule has 0 spiro atoms. The zero-order valence-corrected chi connectivity index (χ0v) is 11.9. The van der Waals surface area contributed by atoms with E-state index >= 15 is 0 Å². The molecule has 2 rings (SSSR count). The number of hydrogen-bond donors (Lipinski definition) is 2. The van der Waals surface area contributed by atoms with Crippen molar-refractivity contribution in [3.8, 4) is 0 Å². The summed E-state index contributed by atoms with van der Waals surface area (Å²) in [6.45, 7) is 4.29. The summed E-state index contributed by atoms with van der Waals surface area (Å²) in [6.07, 6.45) is 1.92. The summed E-state index contributed by atoms with van der Waals surface area (Å²) < 4.78 is 0. The van der Waals surface area contributed by atoms with Crippen LogP contribution in [0.15, 0.2) is 29.2 Å². The van der Waals surface area contributed by atoms with Crippen molar-refractivity contribution < 1.29 is 10.2 Å². The third-order valence-corrected chi connectivity index (χ3v) is 5.52. The molecule has 0 aliphatic carbocycles. The molecule has 0 aromatic heterocycles. The molecule has 100 valence electrons. The molecule has 2 N–H and O–H groups in total. The minimum absolute atomic E-state index is 0.0641. The fourth-order valence-electron chi connectivity index (χ4n) is 2.60. The van der Waals surface area contributed by atoms with Crippen LogP contribution in [0.25, 0.3) is 0 Å². The van der Waals surface area contributed by atoms with Crippen LogP contribution >= 0.6 is 11.8 Å². The maximum atomic E-state index is 9.65.